The van der Waals surface area contributed by atoms with Gasteiger partial charge >= 0.3 is 0 Å². The van der Waals surface area contributed by atoms with Gasteiger partial charge in [-0.1, -0.05) is 36.2 Å². The molecule has 6 nitrogen and oxygen atoms in total. The third kappa shape index (κ3) is 5.28. The van der Waals surface area contributed by atoms with E-state index in [4.69, 9.17) is 27.9 Å². The van der Waals surface area contributed by atoms with Gasteiger partial charge in [-0.3, -0.25) is 9.10 Å². The molecule has 0 radical (unpaired) electrons. The van der Waals surface area contributed by atoms with Gasteiger partial charge in [0.2, 0.25) is 15.9 Å². The summed E-state index contributed by atoms with van der Waals surface area (Å²) in [6.07, 6.45) is 1.31. The molecule has 0 aromatic heterocycles. The number of nitrogens with one attached hydrogen (secondary N) is 1. The molecular weight excluding hydrogens is 411 g/mol. The number of hydrogen-bond donors (Lipinski definition) is 1. The second-order valence-electron chi connectivity index (χ2n) is 5.80. The van der Waals surface area contributed by atoms with Crippen molar-refractivity contribution in [1.82, 2.24) is 0 Å². The highest BCUT2D eigenvalue weighted by Gasteiger charge is 2.31. The molecule has 0 saturated heterocycles. The smallest absolute Gasteiger partial charge is 0.248 e. The second-order valence-corrected chi connectivity index (χ2v) is 8.50. The lowest BCUT2D eigenvalue weighted by Crippen LogP contribution is -2.47. The number of rotatable bonds is 7. The van der Waals surface area contributed by atoms with Gasteiger partial charge in [0.05, 0.1) is 24.1 Å². The van der Waals surface area contributed by atoms with Gasteiger partial charge in [0, 0.05) is 10.7 Å². The van der Waals surface area contributed by atoms with Crippen LogP contribution in [0.2, 0.25) is 10.0 Å². The van der Waals surface area contributed by atoms with Crippen LogP contribution in [0.5, 0.6) is 5.75 Å². The van der Waals surface area contributed by atoms with Crippen molar-refractivity contribution in [2.45, 2.75) is 19.4 Å². The molecular formula is C18H20Cl2N2O4S. The van der Waals surface area contributed by atoms with E-state index in [9.17, 15) is 13.2 Å². The largest absolute Gasteiger partial charge is 0.495 e. The normalized spacial score (nSPS) is 12.3. The van der Waals surface area contributed by atoms with Crippen LogP contribution in [0, 0.1) is 0 Å². The lowest BCUT2D eigenvalue weighted by Gasteiger charge is -2.30. The molecule has 1 unspecified atom stereocenters. The van der Waals surface area contributed by atoms with Crippen molar-refractivity contribution in [3.05, 3.63) is 52.5 Å². The zero-order valence-corrected chi connectivity index (χ0v) is 17.4. The Hall–Kier alpha value is -1.96. The molecule has 1 N–H and O–H groups in total. The fraction of sp³-hybridized carbons (Fsp3) is 0.278. The van der Waals surface area contributed by atoms with Gasteiger partial charge in [-0.15, -0.1) is 0 Å². The fourth-order valence-electron chi connectivity index (χ4n) is 2.64. The maximum atomic E-state index is 12.8. The Balaban J connectivity index is 2.36. The highest BCUT2D eigenvalue weighted by atomic mass is 35.5. The minimum atomic E-state index is -3.73. The second kappa shape index (κ2) is 8.82. The third-order valence-corrected chi connectivity index (χ3v) is 5.52. The van der Waals surface area contributed by atoms with Crippen molar-refractivity contribution >= 4 is 50.5 Å². The summed E-state index contributed by atoms with van der Waals surface area (Å²) in [6.45, 7) is 1.73. The van der Waals surface area contributed by atoms with Gasteiger partial charge in [0.1, 0.15) is 11.8 Å². The minimum absolute atomic E-state index is 0.259. The van der Waals surface area contributed by atoms with Crippen LogP contribution in [0.15, 0.2) is 42.5 Å². The monoisotopic (exact) mass is 430 g/mol. The number of halogens is 2. The maximum absolute atomic E-state index is 12.8. The molecule has 27 heavy (non-hydrogen) atoms. The first-order valence-corrected chi connectivity index (χ1v) is 10.7. The molecule has 2 aromatic rings. The van der Waals surface area contributed by atoms with Crippen molar-refractivity contribution in [1.29, 1.82) is 0 Å². The minimum Gasteiger partial charge on any atom is -0.495 e. The van der Waals surface area contributed by atoms with Crippen molar-refractivity contribution in [2.24, 2.45) is 0 Å². The van der Waals surface area contributed by atoms with E-state index in [1.165, 1.54) is 19.2 Å². The van der Waals surface area contributed by atoms with Crippen LogP contribution in [-0.4, -0.2) is 33.7 Å². The van der Waals surface area contributed by atoms with Crippen LogP contribution in [0.1, 0.15) is 13.3 Å². The van der Waals surface area contributed by atoms with E-state index in [2.05, 4.69) is 5.32 Å². The number of nitrogens with zero attached hydrogens (tertiary/aromatic N) is 1. The Labute approximate surface area is 169 Å². The Morgan fingerprint density at radius 1 is 1.22 bits per heavy atom. The predicted octanol–water partition coefficient (Wildman–Crippen LogP) is 4.19. The summed E-state index contributed by atoms with van der Waals surface area (Å²) in [5.74, 6) is -0.0115. The molecule has 0 heterocycles. The van der Waals surface area contributed by atoms with E-state index in [0.29, 0.717) is 27.2 Å². The number of methoxy groups -OCH3 is 1. The lowest BCUT2D eigenvalue weighted by atomic mass is 10.1. The molecule has 0 aliphatic carbocycles. The predicted molar refractivity (Wildman–Crippen MR) is 109 cm³/mol. The standard InChI is InChI=1S/C18H20Cl2N2O4S/c1-4-16(18(23)21-13-8-9-17(26-2)15(20)11-13)22(27(3,24)25)14-7-5-6-12(19)10-14/h5-11,16H,4H2,1-3H3,(H,21,23). The van der Waals surface area contributed by atoms with E-state index in [-0.39, 0.29) is 6.42 Å². The van der Waals surface area contributed by atoms with E-state index >= 15 is 0 Å². The van der Waals surface area contributed by atoms with Gasteiger partial charge in [-0.2, -0.15) is 0 Å². The van der Waals surface area contributed by atoms with Gasteiger partial charge in [0.25, 0.3) is 0 Å². The molecule has 1 amide bonds. The molecule has 9 heteroatoms. The van der Waals surface area contributed by atoms with E-state index in [0.717, 1.165) is 10.6 Å². The first-order chi connectivity index (χ1) is 12.7. The summed E-state index contributed by atoms with van der Waals surface area (Å²) in [4.78, 5) is 12.8. The zero-order valence-electron chi connectivity index (χ0n) is 15.1. The number of amides is 1. The number of anilines is 2. The van der Waals surface area contributed by atoms with Gasteiger partial charge in [-0.05, 0) is 42.8 Å². The average molecular weight is 431 g/mol. The van der Waals surface area contributed by atoms with Gasteiger partial charge in [-0.25, -0.2) is 8.42 Å². The van der Waals surface area contributed by atoms with Gasteiger partial charge < -0.3 is 10.1 Å². The Morgan fingerprint density at radius 2 is 1.93 bits per heavy atom. The molecule has 146 valence electrons. The highest BCUT2D eigenvalue weighted by molar-refractivity contribution is 7.92. The summed E-state index contributed by atoms with van der Waals surface area (Å²) in [5.41, 5.74) is 0.753. The number of sulfonamides is 1. The van der Waals surface area contributed by atoms with E-state index in [1.807, 2.05) is 0 Å². The van der Waals surface area contributed by atoms with Crippen molar-refractivity contribution in [3.8, 4) is 5.75 Å². The number of ether oxygens (including phenoxy) is 1. The molecule has 0 aliphatic heterocycles. The maximum Gasteiger partial charge on any atom is 0.248 e. The van der Waals surface area contributed by atoms with E-state index < -0.39 is 22.0 Å². The van der Waals surface area contributed by atoms with Crippen molar-refractivity contribution < 1.29 is 17.9 Å². The molecule has 1 atom stereocenters. The first-order valence-electron chi connectivity index (χ1n) is 8.06. The molecule has 0 bridgehead atoms. The summed E-state index contributed by atoms with van der Waals surface area (Å²) < 4.78 is 31.0. The Morgan fingerprint density at radius 3 is 2.44 bits per heavy atom. The highest BCUT2D eigenvalue weighted by Crippen LogP contribution is 2.29. The molecule has 2 rings (SSSR count). The topological polar surface area (TPSA) is 75.7 Å². The molecule has 0 aliphatic rings. The van der Waals surface area contributed by atoms with E-state index in [1.54, 1.807) is 37.3 Å². The molecule has 2 aromatic carbocycles. The molecule has 0 saturated carbocycles. The summed E-state index contributed by atoms with van der Waals surface area (Å²) >= 11 is 12.1. The number of benzene rings is 2. The summed E-state index contributed by atoms with van der Waals surface area (Å²) in [5, 5.41) is 3.41. The average Bonchev–Trinajstić information content (AvgIpc) is 2.58. The molecule has 0 fully saturated rings. The van der Waals surface area contributed by atoms with Crippen LogP contribution in [0.3, 0.4) is 0 Å². The van der Waals surface area contributed by atoms with Crippen LogP contribution < -0.4 is 14.4 Å². The van der Waals surface area contributed by atoms with Gasteiger partial charge in [0.15, 0.2) is 0 Å². The quantitative estimate of drug-likeness (QED) is 0.714. The van der Waals surface area contributed by atoms with Crippen LogP contribution in [-0.2, 0) is 14.8 Å². The number of carbonyl (C=O) groups is 1. The van der Waals surface area contributed by atoms with Crippen molar-refractivity contribution in [2.75, 3.05) is 23.0 Å². The first kappa shape index (κ1) is 21.3. The van der Waals surface area contributed by atoms with Crippen LogP contribution in [0.4, 0.5) is 11.4 Å². The number of hydrogen-bond acceptors (Lipinski definition) is 4. The van der Waals surface area contributed by atoms with Crippen LogP contribution >= 0.6 is 23.2 Å². The van der Waals surface area contributed by atoms with Crippen molar-refractivity contribution in [3.63, 3.8) is 0 Å². The number of carbonyl (C=O) groups excluding carboxylic acids is 1. The Kier molecular flexibility index (Phi) is 6.97. The summed E-state index contributed by atoms with van der Waals surface area (Å²) in [6, 6.07) is 10.2. The van der Waals surface area contributed by atoms with Crippen LogP contribution in [0.25, 0.3) is 0 Å². The summed E-state index contributed by atoms with van der Waals surface area (Å²) in [7, 11) is -2.25. The fourth-order valence-corrected chi connectivity index (χ4v) is 4.29. The zero-order chi connectivity index (χ0) is 20.2. The third-order valence-electron chi connectivity index (χ3n) is 3.81. The Bertz CT molecular complexity index is 935. The lowest BCUT2D eigenvalue weighted by molar-refractivity contribution is -0.117. The molecule has 0 spiro atoms. The SMILES string of the molecule is CCC(C(=O)Nc1ccc(OC)c(Cl)c1)N(c1cccc(Cl)c1)S(C)(=O)=O.